The number of hydrogen-bond donors (Lipinski definition) is 1. The summed E-state index contributed by atoms with van der Waals surface area (Å²) in [4.78, 5) is 39.6. The second-order valence-electron chi connectivity index (χ2n) is 11.2. The summed E-state index contributed by atoms with van der Waals surface area (Å²) in [7, 11) is 0. The van der Waals surface area contributed by atoms with Crippen molar-refractivity contribution >= 4 is 11.8 Å². The molecule has 1 unspecified atom stereocenters. The molecule has 4 heterocycles. The summed E-state index contributed by atoms with van der Waals surface area (Å²) in [5.41, 5.74) is 0.905. The molecule has 2 amide bonds. The largest absolute Gasteiger partial charge is 0.491 e. The van der Waals surface area contributed by atoms with E-state index in [1.54, 1.807) is 12.4 Å². The molecule has 8 heteroatoms. The molecule has 5 rings (SSSR count). The number of aromatic nitrogens is 2. The third-order valence-electron chi connectivity index (χ3n) is 8.59. The number of fused-ring (bicyclic) bond motifs is 1. The number of aryl methyl sites for hydroxylation is 1. The number of para-hydroxylation sites is 1. The molecule has 0 radical (unpaired) electrons. The summed E-state index contributed by atoms with van der Waals surface area (Å²) in [6, 6.07) is 10.1. The molecule has 2 aromatic rings. The molecule has 2 fully saturated rings. The number of ether oxygens (including phenoxy) is 1. The Morgan fingerprint density at radius 1 is 1.03 bits per heavy atom. The number of nitrogens with one attached hydrogen (secondary N) is 1. The van der Waals surface area contributed by atoms with Crippen molar-refractivity contribution in [2.75, 3.05) is 45.9 Å². The minimum absolute atomic E-state index is 0.155. The Labute approximate surface area is 226 Å². The summed E-state index contributed by atoms with van der Waals surface area (Å²) < 4.78 is 5.97. The highest BCUT2D eigenvalue weighted by Gasteiger charge is 2.41. The van der Waals surface area contributed by atoms with E-state index in [0.29, 0.717) is 25.6 Å². The number of amides is 2. The van der Waals surface area contributed by atoms with E-state index in [4.69, 9.17) is 4.74 Å². The second kappa shape index (κ2) is 12.7. The molecular weight excluding hydrogens is 478 g/mol. The lowest BCUT2D eigenvalue weighted by atomic mass is 9.73. The van der Waals surface area contributed by atoms with Crippen molar-refractivity contribution < 1.29 is 14.3 Å². The fraction of sp³-hybridized carbons (Fsp3) is 0.600. The van der Waals surface area contributed by atoms with Gasteiger partial charge in [0.15, 0.2) is 0 Å². The van der Waals surface area contributed by atoms with Gasteiger partial charge in [-0.1, -0.05) is 24.6 Å². The lowest BCUT2D eigenvalue weighted by Gasteiger charge is -2.41. The first-order valence-electron chi connectivity index (χ1n) is 14.4. The Morgan fingerprint density at radius 3 is 2.68 bits per heavy atom. The minimum atomic E-state index is -0.343. The van der Waals surface area contributed by atoms with Crippen molar-refractivity contribution in [2.24, 2.45) is 11.3 Å². The molecule has 1 spiro atoms. The van der Waals surface area contributed by atoms with E-state index >= 15 is 0 Å². The zero-order chi connectivity index (χ0) is 26.2. The van der Waals surface area contributed by atoms with Gasteiger partial charge in [0.1, 0.15) is 18.2 Å². The van der Waals surface area contributed by atoms with Crippen LogP contribution in [0.25, 0.3) is 0 Å². The van der Waals surface area contributed by atoms with Gasteiger partial charge in [-0.3, -0.25) is 14.5 Å². The van der Waals surface area contributed by atoms with E-state index in [1.165, 1.54) is 5.56 Å². The van der Waals surface area contributed by atoms with Crippen LogP contribution in [0.15, 0.2) is 42.7 Å². The van der Waals surface area contributed by atoms with Gasteiger partial charge in [0.2, 0.25) is 11.8 Å². The van der Waals surface area contributed by atoms with Crippen molar-refractivity contribution in [1.82, 2.24) is 25.1 Å². The van der Waals surface area contributed by atoms with Crippen LogP contribution in [0.3, 0.4) is 0 Å². The molecule has 204 valence electrons. The molecule has 0 saturated carbocycles. The average molecular weight is 520 g/mol. The van der Waals surface area contributed by atoms with Crippen LogP contribution in [0.1, 0.15) is 56.3 Å². The van der Waals surface area contributed by atoms with E-state index in [0.717, 1.165) is 95.5 Å². The Bertz CT molecular complexity index is 1070. The highest BCUT2D eigenvalue weighted by molar-refractivity contribution is 5.83. The monoisotopic (exact) mass is 519 g/mol. The minimum Gasteiger partial charge on any atom is -0.491 e. The second-order valence-corrected chi connectivity index (χ2v) is 11.2. The smallest absolute Gasteiger partial charge is 0.236 e. The predicted molar refractivity (Wildman–Crippen MR) is 146 cm³/mol. The number of piperidine rings is 2. The van der Waals surface area contributed by atoms with Crippen molar-refractivity contribution in [3.63, 3.8) is 0 Å². The molecule has 38 heavy (non-hydrogen) atoms. The summed E-state index contributed by atoms with van der Waals surface area (Å²) in [6.45, 7) is 4.62. The fourth-order valence-electron chi connectivity index (χ4n) is 6.32. The van der Waals surface area contributed by atoms with Gasteiger partial charge < -0.3 is 15.0 Å². The van der Waals surface area contributed by atoms with Gasteiger partial charge in [-0.15, -0.1) is 0 Å². The van der Waals surface area contributed by atoms with Crippen LogP contribution >= 0.6 is 0 Å². The quantitative estimate of drug-likeness (QED) is 0.667. The molecule has 0 aliphatic carbocycles. The average Bonchev–Trinajstić information content (AvgIpc) is 2.95. The summed E-state index contributed by atoms with van der Waals surface area (Å²) in [6.07, 6.45) is 12.1. The number of nitrogens with zero attached hydrogens (tertiary/aromatic N) is 4. The van der Waals surface area contributed by atoms with Crippen LogP contribution in [-0.2, 0) is 22.4 Å². The Hall–Kier alpha value is -3.00. The number of hydrogen-bond acceptors (Lipinski definition) is 6. The fourth-order valence-corrected chi connectivity index (χ4v) is 6.32. The molecule has 3 aliphatic rings. The van der Waals surface area contributed by atoms with Crippen LogP contribution in [-0.4, -0.2) is 77.5 Å². The Kier molecular flexibility index (Phi) is 8.89. The highest BCUT2D eigenvalue weighted by atomic mass is 16.5. The van der Waals surface area contributed by atoms with E-state index in [9.17, 15) is 9.59 Å². The van der Waals surface area contributed by atoms with Crippen molar-refractivity contribution in [3.8, 4) is 5.75 Å². The normalized spacial score (nSPS) is 22.9. The van der Waals surface area contributed by atoms with E-state index in [-0.39, 0.29) is 17.2 Å². The third-order valence-corrected chi connectivity index (χ3v) is 8.59. The van der Waals surface area contributed by atoms with Gasteiger partial charge >= 0.3 is 0 Å². The zero-order valence-corrected chi connectivity index (χ0v) is 22.4. The molecule has 1 N–H and O–H groups in total. The van der Waals surface area contributed by atoms with Gasteiger partial charge in [-0.05, 0) is 81.6 Å². The van der Waals surface area contributed by atoms with E-state index < -0.39 is 0 Å². The van der Waals surface area contributed by atoms with Crippen LogP contribution < -0.4 is 10.1 Å². The first-order chi connectivity index (χ1) is 18.6. The highest BCUT2D eigenvalue weighted by Crippen LogP contribution is 2.37. The maximum atomic E-state index is 13.3. The lowest BCUT2D eigenvalue weighted by molar-refractivity contribution is -0.137. The van der Waals surface area contributed by atoms with Gasteiger partial charge in [0.05, 0.1) is 18.5 Å². The van der Waals surface area contributed by atoms with Crippen molar-refractivity contribution in [1.29, 1.82) is 0 Å². The van der Waals surface area contributed by atoms with Crippen LogP contribution in [0.4, 0.5) is 0 Å². The maximum Gasteiger partial charge on any atom is 0.236 e. The summed E-state index contributed by atoms with van der Waals surface area (Å²) in [5, 5.41) is 3.16. The number of carbonyl (C=O) groups excluding carboxylic acids is 2. The van der Waals surface area contributed by atoms with Gasteiger partial charge in [0, 0.05) is 31.9 Å². The topological polar surface area (TPSA) is 87.7 Å². The first-order valence-corrected chi connectivity index (χ1v) is 14.4. The number of carbonyl (C=O) groups is 2. The molecule has 8 nitrogen and oxygen atoms in total. The summed E-state index contributed by atoms with van der Waals surface area (Å²) >= 11 is 0. The molecule has 3 aliphatic heterocycles. The van der Waals surface area contributed by atoms with Gasteiger partial charge in [0.25, 0.3) is 0 Å². The number of benzene rings is 1. The molecular formula is C30H41N5O3. The summed E-state index contributed by atoms with van der Waals surface area (Å²) in [5.74, 6) is 2.57. The van der Waals surface area contributed by atoms with Crippen LogP contribution in [0, 0.1) is 11.3 Å². The standard InChI is InChI=1S/C30H41N5O3/c36-28(35-17-5-7-24(22-35)21-27-31-14-6-15-32-27)23-34-18-12-30(13-19-34)11-4-3-9-25-8-1-2-10-26(25)38-20-16-33-29(30)37/h1-2,6,8,10,14-15,24H,3-5,7,9,11-13,16-23H2,(H,33,37). The maximum absolute atomic E-state index is 13.3. The molecule has 1 aromatic heterocycles. The third kappa shape index (κ3) is 6.70. The van der Waals surface area contributed by atoms with Crippen molar-refractivity contribution in [3.05, 3.63) is 54.1 Å². The SMILES string of the molecule is O=C(CN1CCC2(CCCCc3ccccc3OCCNC2=O)CC1)N1CCCC(Cc2ncccn2)C1. The number of likely N-dealkylation sites (tertiary alicyclic amines) is 2. The lowest BCUT2D eigenvalue weighted by Crippen LogP contribution is -2.52. The zero-order valence-electron chi connectivity index (χ0n) is 22.4. The Balaban J connectivity index is 1.12. The molecule has 1 aromatic carbocycles. The molecule has 0 bridgehead atoms. The number of rotatable bonds is 4. The van der Waals surface area contributed by atoms with Crippen LogP contribution in [0.5, 0.6) is 5.75 Å². The molecule has 2 saturated heterocycles. The van der Waals surface area contributed by atoms with Gasteiger partial charge in [-0.2, -0.15) is 0 Å². The predicted octanol–water partition coefficient (Wildman–Crippen LogP) is 3.26. The van der Waals surface area contributed by atoms with Crippen LogP contribution in [0.2, 0.25) is 0 Å². The van der Waals surface area contributed by atoms with E-state index in [2.05, 4.69) is 32.3 Å². The Morgan fingerprint density at radius 2 is 1.84 bits per heavy atom. The van der Waals surface area contributed by atoms with Crippen molar-refractivity contribution in [2.45, 2.75) is 57.8 Å². The van der Waals surface area contributed by atoms with E-state index in [1.807, 2.05) is 23.1 Å². The van der Waals surface area contributed by atoms with Gasteiger partial charge in [-0.25, -0.2) is 9.97 Å². The first kappa shape index (κ1) is 26.6. The molecule has 1 atom stereocenters.